The van der Waals surface area contributed by atoms with Crippen LogP contribution in [0.1, 0.15) is 31.2 Å². The fourth-order valence-corrected chi connectivity index (χ4v) is 6.53. The summed E-state index contributed by atoms with van der Waals surface area (Å²) in [5.41, 5.74) is 1.19. The maximum Gasteiger partial charge on any atom is 0.338 e. The zero-order chi connectivity index (χ0) is 31.8. The Balaban J connectivity index is 1.55. The first-order valence-corrected chi connectivity index (χ1v) is 14.7. The summed E-state index contributed by atoms with van der Waals surface area (Å²) < 4.78 is 24.4. The Bertz CT molecular complexity index is 2210. The molecule has 6 rings (SSSR count). The Hall–Kier alpha value is -5.49. The van der Waals surface area contributed by atoms with Crippen LogP contribution in [0.15, 0.2) is 92.2 Å². The van der Waals surface area contributed by atoms with Crippen LogP contribution in [-0.4, -0.2) is 36.3 Å². The number of benzene rings is 3. The maximum atomic E-state index is 14.2. The van der Waals surface area contributed by atoms with Crippen molar-refractivity contribution < 1.29 is 28.3 Å². The third-order valence-electron chi connectivity index (χ3n) is 7.50. The standard InChI is InChI=1S/C33H27N3O8S/c1-5-43-32(38)28-18(2)34-33-35(30(28)29-22-9-7-6-8-19(22)10-13-26(29)42-4)31(37)27(45-33)17-21-12-15-25(44-21)23-16-20(36(39)40)11-14-24(23)41-3/h6-17,30H,5H2,1-4H3/b27-17-. The number of furan rings is 1. The second-order valence-electron chi connectivity index (χ2n) is 10.0. The first-order valence-electron chi connectivity index (χ1n) is 13.9. The van der Waals surface area contributed by atoms with Crippen LogP contribution in [0.3, 0.4) is 0 Å². The summed E-state index contributed by atoms with van der Waals surface area (Å²) in [7, 11) is 3.01. The molecule has 0 spiro atoms. The molecule has 11 nitrogen and oxygen atoms in total. The van der Waals surface area contributed by atoms with E-state index in [4.69, 9.17) is 18.6 Å². The van der Waals surface area contributed by atoms with Crippen molar-refractivity contribution in [1.82, 2.24) is 4.57 Å². The number of carbonyl (C=O) groups excluding carboxylic acids is 1. The number of fused-ring (bicyclic) bond motifs is 2. The second kappa shape index (κ2) is 11.9. The number of methoxy groups -OCH3 is 2. The second-order valence-corrected chi connectivity index (χ2v) is 11.1. The summed E-state index contributed by atoms with van der Waals surface area (Å²) in [6.45, 7) is 3.59. The monoisotopic (exact) mass is 625 g/mol. The lowest BCUT2D eigenvalue weighted by Crippen LogP contribution is -2.40. The molecule has 0 bridgehead atoms. The Morgan fingerprint density at radius 2 is 1.84 bits per heavy atom. The van der Waals surface area contributed by atoms with Crippen LogP contribution in [0.4, 0.5) is 5.69 Å². The third-order valence-corrected chi connectivity index (χ3v) is 8.48. The van der Waals surface area contributed by atoms with Crippen LogP contribution in [-0.2, 0) is 9.53 Å². The zero-order valence-electron chi connectivity index (χ0n) is 24.7. The molecular formula is C33H27N3O8S. The first-order chi connectivity index (χ1) is 21.7. The van der Waals surface area contributed by atoms with Gasteiger partial charge >= 0.3 is 5.97 Å². The van der Waals surface area contributed by atoms with E-state index in [-0.39, 0.29) is 23.4 Å². The maximum absolute atomic E-state index is 14.2. The molecule has 1 atom stereocenters. The van der Waals surface area contributed by atoms with Crippen molar-refractivity contribution in [1.29, 1.82) is 0 Å². The van der Waals surface area contributed by atoms with Gasteiger partial charge in [0, 0.05) is 23.8 Å². The molecule has 0 N–H and O–H groups in total. The number of rotatable bonds is 8. The topological polar surface area (TPSA) is 135 Å². The molecule has 45 heavy (non-hydrogen) atoms. The van der Waals surface area contributed by atoms with E-state index in [2.05, 4.69) is 4.99 Å². The fourth-order valence-electron chi connectivity index (χ4n) is 5.51. The Morgan fingerprint density at radius 3 is 2.58 bits per heavy atom. The van der Waals surface area contributed by atoms with Crippen molar-refractivity contribution in [2.45, 2.75) is 19.9 Å². The van der Waals surface area contributed by atoms with Crippen molar-refractivity contribution in [3.63, 3.8) is 0 Å². The lowest BCUT2D eigenvalue weighted by atomic mass is 9.90. The van der Waals surface area contributed by atoms with Gasteiger partial charge in [-0.3, -0.25) is 19.5 Å². The molecule has 0 saturated heterocycles. The van der Waals surface area contributed by atoms with Crippen molar-refractivity contribution in [3.8, 4) is 22.8 Å². The van der Waals surface area contributed by atoms with Gasteiger partial charge in [-0.15, -0.1) is 0 Å². The number of hydrogen-bond donors (Lipinski definition) is 0. The normalized spacial score (nSPS) is 14.7. The Morgan fingerprint density at radius 1 is 1.09 bits per heavy atom. The van der Waals surface area contributed by atoms with Gasteiger partial charge in [-0.25, -0.2) is 9.79 Å². The van der Waals surface area contributed by atoms with E-state index in [1.807, 2.05) is 36.4 Å². The molecule has 5 aromatic rings. The number of nitrogens with zero attached hydrogens (tertiary/aromatic N) is 3. The molecule has 1 unspecified atom stereocenters. The van der Waals surface area contributed by atoms with Gasteiger partial charge in [-0.2, -0.15) is 0 Å². The van der Waals surface area contributed by atoms with Gasteiger partial charge in [0.25, 0.3) is 11.2 Å². The van der Waals surface area contributed by atoms with E-state index >= 15 is 0 Å². The summed E-state index contributed by atoms with van der Waals surface area (Å²) >= 11 is 1.15. The smallest absolute Gasteiger partial charge is 0.338 e. The number of ether oxygens (including phenoxy) is 3. The predicted octanol–water partition coefficient (Wildman–Crippen LogP) is 5.14. The van der Waals surface area contributed by atoms with Crippen molar-refractivity contribution >= 4 is 39.8 Å². The highest BCUT2D eigenvalue weighted by molar-refractivity contribution is 7.07. The molecular weight excluding hydrogens is 598 g/mol. The molecule has 2 aromatic heterocycles. The highest BCUT2D eigenvalue weighted by Gasteiger charge is 2.36. The van der Waals surface area contributed by atoms with Crippen LogP contribution in [0, 0.1) is 10.1 Å². The van der Waals surface area contributed by atoms with Crippen LogP contribution < -0.4 is 24.4 Å². The lowest BCUT2D eigenvalue weighted by molar-refractivity contribution is -0.384. The van der Waals surface area contributed by atoms with Crippen LogP contribution in [0.5, 0.6) is 11.5 Å². The lowest BCUT2D eigenvalue weighted by Gasteiger charge is -2.27. The number of aromatic nitrogens is 1. The van der Waals surface area contributed by atoms with E-state index in [1.165, 1.54) is 29.9 Å². The van der Waals surface area contributed by atoms with Crippen molar-refractivity contribution in [2.24, 2.45) is 4.99 Å². The summed E-state index contributed by atoms with van der Waals surface area (Å²) in [5, 5.41) is 13.1. The number of esters is 1. The minimum atomic E-state index is -0.884. The molecule has 0 saturated carbocycles. The molecule has 3 aromatic carbocycles. The number of carbonyl (C=O) groups is 1. The number of non-ortho nitro benzene ring substituents is 1. The Labute approximate surface area is 260 Å². The largest absolute Gasteiger partial charge is 0.496 e. The van der Waals surface area contributed by atoms with Crippen LogP contribution in [0.25, 0.3) is 28.2 Å². The minimum absolute atomic E-state index is 0.117. The van der Waals surface area contributed by atoms with E-state index in [1.54, 1.807) is 39.2 Å². The Kier molecular flexibility index (Phi) is 7.81. The van der Waals surface area contributed by atoms with Gasteiger partial charge in [0.2, 0.25) is 0 Å². The van der Waals surface area contributed by atoms with E-state index in [0.717, 1.165) is 22.1 Å². The first kappa shape index (κ1) is 29.6. The molecule has 228 valence electrons. The number of hydrogen-bond acceptors (Lipinski definition) is 10. The summed E-state index contributed by atoms with van der Waals surface area (Å²) in [4.78, 5) is 43.6. The zero-order valence-corrected chi connectivity index (χ0v) is 25.5. The molecule has 0 fully saturated rings. The average molecular weight is 626 g/mol. The molecule has 0 radical (unpaired) electrons. The summed E-state index contributed by atoms with van der Waals surface area (Å²) in [6, 6.07) is 18.1. The fraction of sp³-hybridized carbons (Fsp3) is 0.182. The molecule has 1 aliphatic heterocycles. The number of allylic oxidation sites excluding steroid dienone is 1. The van der Waals surface area contributed by atoms with E-state index in [9.17, 15) is 19.7 Å². The molecule has 0 amide bonds. The van der Waals surface area contributed by atoms with Gasteiger partial charge < -0.3 is 18.6 Å². The van der Waals surface area contributed by atoms with Gasteiger partial charge in [-0.05, 0) is 48.9 Å². The molecule has 12 heteroatoms. The highest BCUT2D eigenvalue weighted by Crippen LogP contribution is 2.40. The molecule has 0 aliphatic carbocycles. The van der Waals surface area contributed by atoms with Crippen molar-refractivity contribution in [3.05, 3.63) is 119 Å². The van der Waals surface area contributed by atoms with Crippen molar-refractivity contribution in [2.75, 3.05) is 20.8 Å². The van der Waals surface area contributed by atoms with Gasteiger partial charge in [0.1, 0.15) is 29.1 Å². The highest BCUT2D eigenvalue weighted by atomic mass is 32.1. The van der Waals surface area contributed by atoms with E-state index in [0.29, 0.717) is 49.2 Å². The summed E-state index contributed by atoms with van der Waals surface area (Å²) in [6.07, 6.45) is 1.58. The third kappa shape index (κ3) is 5.18. The van der Waals surface area contributed by atoms with E-state index < -0.39 is 16.9 Å². The number of nitro groups is 1. The van der Waals surface area contributed by atoms with Gasteiger partial charge in [0.05, 0.1) is 47.1 Å². The number of nitro benzene ring substituents is 1. The van der Waals surface area contributed by atoms with Crippen LogP contribution in [0.2, 0.25) is 0 Å². The number of thiazole rings is 1. The van der Waals surface area contributed by atoms with Gasteiger partial charge in [-0.1, -0.05) is 41.7 Å². The predicted molar refractivity (Wildman–Crippen MR) is 168 cm³/mol. The van der Waals surface area contributed by atoms with Crippen LogP contribution >= 0.6 is 11.3 Å². The SMILES string of the molecule is CCOC(=O)C1=C(C)N=c2s/c(=C\c3ccc(-c4cc([N+](=O)[O-])ccc4OC)o3)c(=O)n2C1c1c(OC)ccc2ccccc12. The van der Waals surface area contributed by atoms with Gasteiger partial charge in [0.15, 0.2) is 4.80 Å². The quantitative estimate of drug-likeness (QED) is 0.131. The minimum Gasteiger partial charge on any atom is -0.496 e. The molecule has 1 aliphatic rings. The molecule has 3 heterocycles. The average Bonchev–Trinajstić information content (AvgIpc) is 3.63. The summed E-state index contributed by atoms with van der Waals surface area (Å²) in [5.74, 6) is 0.991.